The van der Waals surface area contributed by atoms with E-state index >= 15 is 0 Å². The molecule has 0 bridgehead atoms. The van der Waals surface area contributed by atoms with Crippen molar-refractivity contribution in [1.82, 2.24) is 0 Å². The van der Waals surface area contributed by atoms with Gasteiger partial charge in [0.15, 0.2) is 11.5 Å². The summed E-state index contributed by atoms with van der Waals surface area (Å²) in [7, 11) is 0. The van der Waals surface area contributed by atoms with Crippen molar-refractivity contribution in [2.45, 2.75) is 13.8 Å². The van der Waals surface area contributed by atoms with Crippen LogP contribution in [0.3, 0.4) is 0 Å². The summed E-state index contributed by atoms with van der Waals surface area (Å²) in [5.74, 6) is 1.48. The number of ether oxygens (including phenoxy) is 2. The Morgan fingerprint density at radius 1 is 1.12 bits per heavy atom. The van der Waals surface area contributed by atoms with Crippen LogP contribution in [0.15, 0.2) is 18.2 Å². The first kappa shape index (κ1) is 11.7. The second kappa shape index (κ2) is 5.07. The summed E-state index contributed by atoms with van der Waals surface area (Å²) in [5, 5.41) is 9.91. The van der Waals surface area contributed by atoms with Gasteiger partial charge in [-0.2, -0.15) is 5.26 Å². The van der Waals surface area contributed by atoms with Crippen LogP contribution in [0.4, 0.5) is 0 Å². The molecule has 0 aliphatic carbocycles. The first-order valence-electron chi connectivity index (χ1n) is 5.51. The van der Waals surface area contributed by atoms with Crippen LogP contribution >= 0.6 is 11.3 Å². The first-order chi connectivity index (χ1) is 8.28. The Labute approximate surface area is 104 Å². The zero-order valence-electron chi connectivity index (χ0n) is 9.82. The Kier molecular flexibility index (Phi) is 3.50. The summed E-state index contributed by atoms with van der Waals surface area (Å²) in [6, 6.07) is 7.90. The molecule has 0 amide bonds. The lowest BCUT2D eigenvalue weighted by molar-refractivity contribution is 0.288. The van der Waals surface area contributed by atoms with Crippen molar-refractivity contribution in [1.29, 1.82) is 5.26 Å². The molecule has 0 aliphatic rings. The molecule has 0 radical (unpaired) electrons. The molecule has 0 fully saturated rings. The summed E-state index contributed by atoms with van der Waals surface area (Å²) in [5.41, 5.74) is 0. The largest absolute Gasteiger partial charge is 0.490 e. The zero-order valence-corrected chi connectivity index (χ0v) is 10.6. The molecule has 4 heteroatoms. The highest BCUT2D eigenvalue weighted by molar-refractivity contribution is 7.19. The summed E-state index contributed by atoms with van der Waals surface area (Å²) >= 11 is 1.47. The standard InChI is InChI=1S/C13H13NO2S/c1-3-15-11-6-9-5-10(8-14)17-13(9)7-12(11)16-4-2/h5-7H,3-4H2,1-2H3. The van der Waals surface area contributed by atoms with Gasteiger partial charge in [-0.15, -0.1) is 11.3 Å². The molecule has 1 aromatic heterocycles. The minimum absolute atomic E-state index is 0.598. The highest BCUT2D eigenvalue weighted by Crippen LogP contribution is 2.36. The van der Waals surface area contributed by atoms with E-state index in [9.17, 15) is 0 Å². The predicted molar refractivity (Wildman–Crippen MR) is 68.9 cm³/mol. The lowest BCUT2D eigenvalue weighted by atomic mass is 10.2. The van der Waals surface area contributed by atoms with Gasteiger partial charge in [0.25, 0.3) is 0 Å². The average molecular weight is 247 g/mol. The molecule has 3 nitrogen and oxygen atoms in total. The molecule has 2 rings (SSSR count). The van der Waals surface area contributed by atoms with E-state index in [1.54, 1.807) is 0 Å². The van der Waals surface area contributed by atoms with E-state index in [1.807, 2.05) is 32.0 Å². The normalized spacial score (nSPS) is 10.2. The van der Waals surface area contributed by atoms with Gasteiger partial charge in [0, 0.05) is 10.8 Å². The van der Waals surface area contributed by atoms with Gasteiger partial charge in [-0.05, 0) is 31.4 Å². The minimum Gasteiger partial charge on any atom is -0.490 e. The predicted octanol–water partition coefficient (Wildman–Crippen LogP) is 3.57. The number of benzene rings is 1. The third kappa shape index (κ3) is 2.34. The Morgan fingerprint density at radius 2 is 1.76 bits per heavy atom. The van der Waals surface area contributed by atoms with Crippen LogP contribution in [0, 0.1) is 11.3 Å². The van der Waals surface area contributed by atoms with Gasteiger partial charge >= 0.3 is 0 Å². The molecule has 0 aliphatic heterocycles. The number of fused-ring (bicyclic) bond motifs is 1. The van der Waals surface area contributed by atoms with Crippen molar-refractivity contribution in [3.8, 4) is 17.6 Å². The Morgan fingerprint density at radius 3 is 2.35 bits per heavy atom. The van der Waals surface area contributed by atoms with Crippen molar-refractivity contribution in [3.63, 3.8) is 0 Å². The number of nitriles is 1. The van der Waals surface area contributed by atoms with Gasteiger partial charge in [-0.3, -0.25) is 0 Å². The van der Waals surface area contributed by atoms with Crippen LogP contribution in [0.25, 0.3) is 10.1 Å². The number of rotatable bonds is 4. The van der Waals surface area contributed by atoms with Crippen molar-refractivity contribution >= 4 is 21.4 Å². The van der Waals surface area contributed by atoms with Crippen LogP contribution < -0.4 is 9.47 Å². The van der Waals surface area contributed by atoms with Crippen molar-refractivity contribution in [3.05, 3.63) is 23.1 Å². The van der Waals surface area contributed by atoms with E-state index in [4.69, 9.17) is 14.7 Å². The second-order valence-electron chi connectivity index (χ2n) is 3.43. The number of hydrogen-bond acceptors (Lipinski definition) is 4. The third-order valence-electron chi connectivity index (χ3n) is 2.29. The Bertz CT molecular complexity index is 526. The molecule has 88 valence electrons. The molecule has 1 aromatic carbocycles. The molecule has 2 aromatic rings. The maximum atomic E-state index is 8.88. The van der Waals surface area contributed by atoms with E-state index in [0.717, 1.165) is 21.6 Å². The van der Waals surface area contributed by atoms with E-state index < -0.39 is 0 Å². The fourth-order valence-electron chi connectivity index (χ4n) is 1.64. The molecule has 1 heterocycles. The smallest absolute Gasteiger partial charge is 0.162 e. The summed E-state index contributed by atoms with van der Waals surface area (Å²) in [6.45, 7) is 5.08. The summed E-state index contributed by atoms with van der Waals surface area (Å²) in [6.07, 6.45) is 0. The van der Waals surface area contributed by atoms with E-state index in [0.29, 0.717) is 18.1 Å². The summed E-state index contributed by atoms with van der Waals surface area (Å²) in [4.78, 5) is 0.705. The number of nitrogens with zero attached hydrogens (tertiary/aromatic N) is 1. The highest BCUT2D eigenvalue weighted by Gasteiger charge is 2.09. The van der Waals surface area contributed by atoms with Gasteiger partial charge in [0.1, 0.15) is 10.9 Å². The van der Waals surface area contributed by atoms with Gasteiger partial charge in [-0.1, -0.05) is 0 Å². The van der Waals surface area contributed by atoms with Gasteiger partial charge < -0.3 is 9.47 Å². The van der Waals surface area contributed by atoms with Crippen molar-refractivity contribution in [2.75, 3.05) is 13.2 Å². The molecule has 0 atom stereocenters. The van der Waals surface area contributed by atoms with E-state index in [2.05, 4.69) is 6.07 Å². The van der Waals surface area contributed by atoms with Crippen LogP contribution in [0.1, 0.15) is 18.7 Å². The second-order valence-corrected chi connectivity index (χ2v) is 4.51. The maximum Gasteiger partial charge on any atom is 0.162 e. The molecule has 17 heavy (non-hydrogen) atoms. The lowest BCUT2D eigenvalue weighted by Crippen LogP contribution is -1.97. The van der Waals surface area contributed by atoms with Crippen molar-refractivity contribution < 1.29 is 9.47 Å². The topological polar surface area (TPSA) is 42.2 Å². The maximum absolute atomic E-state index is 8.88. The fraction of sp³-hybridized carbons (Fsp3) is 0.308. The molecule has 0 unspecified atom stereocenters. The van der Waals surface area contributed by atoms with Crippen LogP contribution in [-0.2, 0) is 0 Å². The molecule has 0 N–H and O–H groups in total. The average Bonchev–Trinajstić information content (AvgIpc) is 2.72. The van der Waals surface area contributed by atoms with E-state index in [1.165, 1.54) is 11.3 Å². The SMILES string of the molecule is CCOc1cc2cc(C#N)sc2cc1OCC. The van der Waals surface area contributed by atoms with Crippen LogP contribution in [0.2, 0.25) is 0 Å². The Balaban J connectivity index is 2.53. The van der Waals surface area contributed by atoms with Crippen molar-refractivity contribution in [2.24, 2.45) is 0 Å². The van der Waals surface area contributed by atoms with Gasteiger partial charge in [0.05, 0.1) is 13.2 Å². The van der Waals surface area contributed by atoms with Gasteiger partial charge in [-0.25, -0.2) is 0 Å². The first-order valence-corrected chi connectivity index (χ1v) is 6.33. The quantitative estimate of drug-likeness (QED) is 0.829. The summed E-state index contributed by atoms with van der Waals surface area (Å²) < 4.78 is 12.1. The molecular weight excluding hydrogens is 234 g/mol. The molecule has 0 spiro atoms. The van der Waals surface area contributed by atoms with Crippen LogP contribution in [0.5, 0.6) is 11.5 Å². The zero-order chi connectivity index (χ0) is 12.3. The third-order valence-corrected chi connectivity index (χ3v) is 3.30. The molecule has 0 saturated heterocycles. The number of hydrogen-bond donors (Lipinski definition) is 0. The number of thiophene rings is 1. The van der Waals surface area contributed by atoms with Crippen LogP contribution in [-0.4, -0.2) is 13.2 Å². The highest BCUT2D eigenvalue weighted by atomic mass is 32.1. The lowest BCUT2D eigenvalue weighted by Gasteiger charge is -2.10. The molecule has 0 saturated carbocycles. The molecular formula is C13H13NO2S. The monoisotopic (exact) mass is 247 g/mol. The van der Waals surface area contributed by atoms with E-state index in [-0.39, 0.29) is 0 Å². The Hall–Kier alpha value is -1.73. The fourth-order valence-corrected chi connectivity index (χ4v) is 2.51. The minimum atomic E-state index is 0.598. The van der Waals surface area contributed by atoms with Gasteiger partial charge in [0.2, 0.25) is 0 Å².